The van der Waals surface area contributed by atoms with Gasteiger partial charge in [0.1, 0.15) is 0 Å². The second-order valence-corrected chi connectivity index (χ2v) is 11.3. The van der Waals surface area contributed by atoms with Gasteiger partial charge in [-0.05, 0) is 90.2 Å². The molecule has 5 aliphatic carbocycles. The van der Waals surface area contributed by atoms with Crippen LogP contribution in [0.1, 0.15) is 43.2 Å². The SMILES string of the molecule is c1ccc2c(c1)-c1c(ccc3sc4ccccc4c13)C21C2CC3CC(C2)CC1C3. The van der Waals surface area contributed by atoms with Gasteiger partial charge in [0, 0.05) is 25.6 Å². The minimum absolute atomic E-state index is 0.288. The van der Waals surface area contributed by atoms with Gasteiger partial charge in [0.25, 0.3) is 0 Å². The van der Waals surface area contributed by atoms with E-state index in [4.69, 9.17) is 0 Å². The lowest BCUT2D eigenvalue weighted by atomic mass is 9.43. The first kappa shape index (κ1) is 15.7. The number of rotatable bonds is 0. The fourth-order valence-electron chi connectivity index (χ4n) is 8.46. The first-order chi connectivity index (χ1) is 14.3. The summed E-state index contributed by atoms with van der Waals surface area (Å²) in [7, 11) is 0. The van der Waals surface area contributed by atoms with Crippen LogP contribution in [0.15, 0.2) is 60.7 Å². The lowest BCUT2D eigenvalue weighted by Crippen LogP contribution is -2.55. The minimum atomic E-state index is 0.288. The summed E-state index contributed by atoms with van der Waals surface area (Å²) >= 11 is 1.97. The first-order valence-electron chi connectivity index (χ1n) is 11.4. The Morgan fingerprint density at radius 2 is 1.38 bits per heavy atom. The van der Waals surface area contributed by atoms with E-state index in [0.29, 0.717) is 0 Å². The van der Waals surface area contributed by atoms with Crippen LogP contribution >= 0.6 is 11.3 Å². The average molecular weight is 393 g/mol. The molecule has 0 atom stereocenters. The topological polar surface area (TPSA) is 0 Å². The normalized spacial score (nSPS) is 33.7. The van der Waals surface area contributed by atoms with Crippen LogP contribution < -0.4 is 0 Å². The molecule has 3 aromatic carbocycles. The molecule has 0 N–H and O–H groups in total. The third-order valence-electron chi connectivity index (χ3n) is 9.06. The van der Waals surface area contributed by atoms with Crippen molar-refractivity contribution in [3.8, 4) is 11.1 Å². The van der Waals surface area contributed by atoms with Crippen LogP contribution in [0.2, 0.25) is 0 Å². The molecule has 0 saturated heterocycles. The minimum Gasteiger partial charge on any atom is -0.135 e. The highest BCUT2D eigenvalue weighted by atomic mass is 32.1. The molecule has 0 radical (unpaired) electrons. The summed E-state index contributed by atoms with van der Waals surface area (Å²) in [6.45, 7) is 0. The van der Waals surface area contributed by atoms with Gasteiger partial charge >= 0.3 is 0 Å². The third-order valence-corrected chi connectivity index (χ3v) is 10.2. The molecule has 1 aromatic heterocycles. The second-order valence-electron chi connectivity index (χ2n) is 10.2. The molecule has 4 aromatic rings. The van der Waals surface area contributed by atoms with Crippen molar-refractivity contribution in [1.29, 1.82) is 0 Å². The highest BCUT2D eigenvalue weighted by Gasteiger charge is 2.61. The van der Waals surface area contributed by atoms with Crippen molar-refractivity contribution in [3.63, 3.8) is 0 Å². The highest BCUT2D eigenvalue weighted by Crippen LogP contribution is 2.70. The quantitative estimate of drug-likeness (QED) is 0.287. The Morgan fingerprint density at radius 3 is 2.21 bits per heavy atom. The van der Waals surface area contributed by atoms with Gasteiger partial charge in [-0.1, -0.05) is 48.5 Å². The summed E-state index contributed by atoms with van der Waals surface area (Å²) in [5.74, 6) is 3.71. The van der Waals surface area contributed by atoms with Crippen molar-refractivity contribution in [2.45, 2.75) is 37.5 Å². The van der Waals surface area contributed by atoms with E-state index in [2.05, 4.69) is 60.7 Å². The summed E-state index contributed by atoms with van der Waals surface area (Å²) in [5.41, 5.74) is 6.78. The Kier molecular flexibility index (Phi) is 2.77. The molecule has 0 nitrogen and oxygen atoms in total. The van der Waals surface area contributed by atoms with Gasteiger partial charge in [0.05, 0.1) is 0 Å². The van der Waals surface area contributed by atoms with Crippen molar-refractivity contribution in [2.24, 2.45) is 23.7 Å². The lowest BCUT2D eigenvalue weighted by Gasteiger charge is -2.61. The number of thiophene rings is 1. The standard InChI is InChI=1S/C28H24S/c1-3-7-22-20(5-1)26-23(9-10-25-27(26)21-6-2-4-8-24(21)29-25)28(22)18-12-16-11-17(14-18)15-19(28)13-16/h1-10,16-19H,11-15H2. The van der Waals surface area contributed by atoms with E-state index in [9.17, 15) is 0 Å². The fourth-order valence-corrected chi connectivity index (χ4v) is 9.57. The van der Waals surface area contributed by atoms with Crippen LogP contribution in [0.3, 0.4) is 0 Å². The van der Waals surface area contributed by atoms with Crippen molar-refractivity contribution in [3.05, 3.63) is 71.8 Å². The molecular weight excluding hydrogens is 368 g/mol. The molecule has 4 fully saturated rings. The number of fused-ring (bicyclic) bond motifs is 7. The second kappa shape index (κ2) is 5.13. The van der Waals surface area contributed by atoms with Crippen LogP contribution in [0.4, 0.5) is 0 Å². The molecule has 4 bridgehead atoms. The van der Waals surface area contributed by atoms with E-state index in [1.165, 1.54) is 52.3 Å². The maximum atomic E-state index is 2.55. The number of hydrogen-bond acceptors (Lipinski definition) is 1. The zero-order valence-electron chi connectivity index (χ0n) is 16.5. The largest absolute Gasteiger partial charge is 0.135 e. The van der Waals surface area contributed by atoms with E-state index in [-0.39, 0.29) is 5.41 Å². The monoisotopic (exact) mass is 392 g/mol. The summed E-state index contributed by atoms with van der Waals surface area (Å²) in [6.07, 6.45) is 7.37. The Bertz CT molecular complexity index is 1290. The molecule has 1 heterocycles. The van der Waals surface area contributed by atoms with Crippen LogP contribution in [0.25, 0.3) is 31.3 Å². The summed E-state index contributed by atoms with van der Waals surface area (Å²) in [6, 6.07) is 23.6. The van der Waals surface area contributed by atoms with Crippen LogP contribution in [-0.2, 0) is 5.41 Å². The van der Waals surface area contributed by atoms with Crippen LogP contribution in [0.5, 0.6) is 0 Å². The molecule has 1 spiro atoms. The number of benzene rings is 3. The van der Waals surface area contributed by atoms with Gasteiger partial charge in [-0.25, -0.2) is 0 Å². The zero-order chi connectivity index (χ0) is 18.7. The first-order valence-corrected chi connectivity index (χ1v) is 12.2. The molecule has 4 saturated carbocycles. The van der Waals surface area contributed by atoms with Crippen molar-refractivity contribution in [2.75, 3.05) is 0 Å². The van der Waals surface area contributed by atoms with Crippen molar-refractivity contribution in [1.82, 2.24) is 0 Å². The van der Waals surface area contributed by atoms with Gasteiger partial charge in [-0.2, -0.15) is 0 Å². The Hall–Kier alpha value is -2.12. The molecule has 1 heteroatoms. The van der Waals surface area contributed by atoms with Crippen LogP contribution in [-0.4, -0.2) is 0 Å². The predicted octanol–water partition coefficient (Wildman–Crippen LogP) is 7.78. The van der Waals surface area contributed by atoms with E-state index < -0.39 is 0 Å². The van der Waals surface area contributed by atoms with Gasteiger partial charge in [0.15, 0.2) is 0 Å². The van der Waals surface area contributed by atoms with Gasteiger partial charge in [-0.3, -0.25) is 0 Å². The predicted molar refractivity (Wildman–Crippen MR) is 123 cm³/mol. The highest BCUT2D eigenvalue weighted by molar-refractivity contribution is 7.25. The van der Waals surface area contributed by atoms with Crippen LogP contribution in [0, 0.1) is 23.7 Å². The molecule has 29 heavy (non-hydrogen) atoms. The fraction of sp³-hybridized carbons (Fsp3) is 0.357. The molecule has 0 unspecified atom stereocenters. The van der Waals surface area contributed by atoms with E-state index in [1.807, 2.05) is 11.3 Å². The number of hydrogen-bond donors (Lipinski definition) is 0. The summed E-state index contributed by atoms with van der Waals surface area (Å²) in [4.78, 5) is 0. The summed E-state index contributed by atoms with van der Waals surface area (Å²) in [5, 5.41) is 2.99. The lowest BCUT2D eigenvalue weighted by molar-refractivity contribution is -0.0399. The van der Waals surface area contributed by atoms with Crippen molar-refractivity contribution < 1.29 is 0 Å². The van der Waals surface area contributed by atoms with Gasteiger partial charge in [0.2, 0.25) is 0 Å². The van der Waals surface area contributed by atoms with Gasteiger partial charge < -0.3 is 0 Å². The molecule has 142 valence electrons. The molecule has 9 rings (SSSR count). The molecule has 0 amide bonds. The Labute approximate surface area is 175 Å². The zero-order valence-corrected chi connectivity index (χ0v) is 17.3. The Balaban J connectivity index is 1.54. The average Bonchev–Trinajstić information content (AvgIpc) is 3.25. The van der Waals surface area contributed by atoms with Crippen molar-refractivity contribution >= 4 is 31.5 Å². The molecule has 0 aliphatic heterocycles. The van der Waals surface area contributed by atoms with E-state index in [0.717, 1.165) is 23.7 Å². The van der Waals surface area contributed by atoms with E-state index in [1.54, 1.807) is 22.3 Å². The molecular formula is C28H24S. The maximum Gasteiger partial charge on any atom is 0.0361 e. The van der Waals surface area contributed by atoms with E-state index >= 15 is 0 Å². The third kappa shape index (κ3) is 1.71. The summed E-state index contributed by atoms with van der Waals surface area (Å²) < 4.78 is 2.89. The molecule has 5 aliphatic rings. The maximum absolute atomic E-state index is 2.55. The van der Waals surface area contributed by atoms with Gasteiger partial charge in [-0.15, -0.1) is 11.3 Å². The Morgan fingerprint density at radius 1 is 0.655 bits per heavy atom. The smallest absolute Gasteiger partial charge is 0.0361 e.